The van der Waals surface area contributed by atoms with Gasteiger partial charge in [0.1, 0.15) is 18.5 Å². The average Bonchev–Trinajstić information content (AvgIpc) is 3.51. The van der Waals surface area contributed by atoms with E-state index in [1.54, 1.807) is 18.2 Å². The lowest BCUT2D eigenvalue weighted by atomic mass is 9.84. The molecule has 4 rings (SSSR count). The number of aldehydes is 1. The number of methoxy groups -OCH3 is 1. The number of amides is 2. The smallest absolute Gasteiger partial charge is 0.247 e. The number of benzene rings is 1. The molecule has 0 spiro atoms. The molecule has 9 nitrogen and oxygen atoms in total. The first kappa shape index (κ1) is 31.7. The van der Waals surface area contributed by atoms with Gasteiger partial charge in [0.05, 0.1) is 23.3 Å². The molecule has 41 heavy (non-hydrogen) atoms. The van der Waals surface area contributed by atoms with Crippen LogP contribution in [-0.2, 0) is 9.59 Å². The molecule has 3 aliphatic carbocycles. The molecule has 1 aromatic rings. The normalized spacial score (nSPS) is 23.5. The maximum Gasteiger partial charge on any atom is 0.247 e. The highest BCUT2D eigenvalue weighted by molar-refractivity contribution is 14.1. The number of ether oxygens (including phenoxy) is 2. The van der Waals surface area contributed by atoms with E-state index in [1.807, 2.05) is 4.90 Å². The maximum atomic E-state index is 13.9. The fourth-order valence-corrected chi connectivity index (χ4v) is 7.33. The van der Waals surface area contributed by atoms with Crippen molar-refractivity contribution in [3.05, 3.63) is 32.9 Å². The van der Waals surface area contributed by atoms with E-state index in [0.29, 0.717) is 38.5 Å². The largest absolute Gasteiger partial charge is 0.493 e. The van der Waals surface area contributed by atoms with Crippen LogP contribution >= 0.6 is 22.6 Å². The molecule has 3 aliphatic rings. The quantitative estimate of drug-likeness (QED) is 0.224. The zero-order valence-electron chi connectivity index (χ0n) is 23.9. The molecule has 2 amide bonds. The van der Waals surface area contributed by atoms with Gasteiger partial charge in [-0.25, -0.2) is 0 Å². The number of carbonyl (C=O) groups is 3. The van der Waals surface area contributed by atoms with Gasteiger partial charge in [-0.1, -0.05) is 44.9 Å². The molecule has 10 heteroatoms. The van der Waals surface area contributed by atoms with Gasteiger partial charge in [-0.05, 0) is 66.0 Å². The van der Waals surface area contributed by atoms with Crippen molar-refractivity contribution in [2.24, 2.45) is 5.92 Å². The van der Waals surface area contributed by atoms with Crippen LogP contribution in [0.2, 0.25) is 0 Å². The van der Waals surface area contributed by atoms with Gasteiger partial charge in [0, 0.05) is 36.6 Å². The number of hydrogen-bond donors (Lipinski definition) is 3. The molecule has 0 aromatic heterocycles. The lowest BCUT2D eigenvalue weighted by Crippen LogP contribution is -2.58. The van der Waals surface area contributed by atoms with Gasteiger partial charge < -0.3 is 29.9 Å². The van der Waals surface area contributed by atoms with E-state index in [2.05, 4.69) is 27.9 Å². The molecule has 0 heterocycles. The molecule has 3 atom stereocenters. The van der Waals surface area contributed by atoms with Crippen LogP contribution in [0.15, 0.2) is 23.8 Å². The molecule has 0 radical (unpaired) electrons. The number of nitrogens with one attached hydrogen (secondary N) is 1. The summed E-state index contributed by atoms with van der Waals surface area (Å²) in [5.41, 5.74) is 0.832. The van der Waals surface area contributed by atoms with E-state index in [9.17, 15) is 24.6 Å². The first-order chi connectivity index (χ1) is 19.9. The third kappa shape index (κ3) is 8.01. The van der Waals surface area contributed by atoms with Gasteiger partial charge in [0.2, 0.25) is 11.8 Å². The van der Waals surface area contributed by atoms with Crippen molar-refractivity contribution >= 4 is 40.7 Å². The zero-order valence-corrected chi connectivity index (χ0v) is 26.0. The molecule has 3 N–H and O–H groups in total. The summed E-state index contributed by atoms with van der Waals surface area (Å²) in [5.74, 6) is 0.940. The predicted molar refractivity (Wildman–Crippen MR) is 163 cm³/mol. The highest BCUT2D eigenvalue weighted by Crippen LogP contribution is 2.38. The minimum atomic E-state index is -1.09. The summed E-state index contributed by atoms with van der Waals surface area (Å²) in [6, 6.07) is 2.59. The number of carbonyl (C=O) groups excluding carboxylic acids is 3. The number of aliphatic hydroxyl groups is 2. The maximum absolute atomic E-state index is 13.9. The van der Waals surface area contributed by atoms with Gasteiger partial charge in [0.15, 0.2) is 11.5 Å². The Balaban J connectivity index is 1.66. The number of halogens is 1. The predicted octanol–water partition coefficient (Wildman–Crippen LogP) is 4.16. The lowest BCUT2D eigenvalue weighted by Gasteiger charge is -2.45. The van der Waals surface area contributed by atoms with Gasteiger partial charge in [-0.2, -0.15) is 0 Å². The minimum Gasteiger partial charge on any atom is -0.493 e. The summed E-state index contributed by atoms with van der Waals surface area (Å²) in [7, 11) is 1.48. The molecule has 2 saturated carbocycles. The Bertz CT molecular complexity index is 1100. The second kappa shape index (κ2) is 15.3. The van der Waals surface area contributed by atoms with Gasteiger partial charge in [-0.3, -0.25) is 14.4 Å². The molecular formula is C31H43IN2O7. The summed E-state index contributed by atoms with van der Waals surface area (Å²) < 4.78 is 12.5. The van der Waals surface area contributed by atoms with E-state index in [4.69, 9.17) is 9.47 Å². The Morgan fingerprint density at radius 2 is 1.83 bits per heavy atom. The fourth-order valence-electron chi connectivity index (χ4n) is 6.58. The molecule has 0 bridgehead atoms. The molecule has 2 fully saturated rings. The van der Waals surface area contributed by atoms with Gasteiger partial charge in [-0.15, -0.1) is 0 Å². The second-order valence-electron chi connectivity index (χ2n) is 11.4. The van der Waals surface area contributed by atoms with Crippen molar-refractivity contribution in [3.63, 3.8) is 0 Å². The average molecular weight is 683 g/mol. The molecule has 226 valence electrons. The Morgan fingerprint density at radius 1 is 1.12 bits per heavy atom. The Kier molecular flexibility index (Phi) is 11.9. The number of rotatable bonds is 12. The Hall–Kier alpha value is -2.18. The van der Waals surface area contributed by atoms with E-state index in [1.165, 1.54) is 32.8 Å². The monoisotopic (exact) mass is 682 g/mol. The van der Waals surface area contributed by atoms with Gasteiger partial charge in [0.25, 0.3) is 0 Å². The Labute approximate surface area is 256 Å². The van der Waals surface area contributed by atoms with Crippen molar-refractivity contribution in [3.8, 4) is 11.5 Å². The van der Waals surface area contributed by atoms with Gasteiger partial charge >= 0.3 is 0 Å². The van der Waals surface area contributed by atoms with Crippen LogP contribution in [0, 0.1) is 9.49 Å². The molecule has 0 saturated heterocycles. The molecular weight excluding hydrogens is 639 g/mol. The number of nitrogens with zero attached hydrogens (tertiary/aromatic N) is 1. The van der Waals surface area contributed by atoms with Crippen LogP contribution in [-0.4, -0.2) is 77.8 Å². The van der Waals surface area contributed by atoms with Crippen molar-refractivity contribution in [1.82, 2.24) is 10.2 Å². The van der Waals surface area contributed by atoms with Crippen LogP contribution in [0.5, 0.6) is 11.5 Å². The summed E-state index contributed by atoms with van der Waals surface area (Å²) in [6.45, 7) is -0.0994. The van der Waals surface area contributed by atoms with Crippen LogP contribution in [0.4, 0.5) is 0 Å². The van der Waals surface area contributed by atoms with Crippen molar-refractivity contribution < 1.29 is 34.1 Å². The third-order valence-corrected chi connectivity index (χ3v) is 9.51. The third-order valence-electron chi connectivity index (χ3n) is 8.71. The zero-order chi connectivity index (χ0) is 29.4. The SMILES string of the molecule is COc1cc(C=O)cc(I)c1O[C@H]1C=C(C(=O)NCCO)C[C@@H](N(C(=O)CCC2CCCC2)C2CCCCC2)[C@@H]1O. The second-order valence-corrected chi connectivity index (χ2v) is 12.6. The van der Waals surface area contributed by atoms with Crippen molar-refractivity contribution in [1.29, 1.82) is 0 Å². The summed E-state index contributed by atoms with van der Waals surface area (Å²) in [5, 5.41) is 23.8. The van der Waals surface area contributed by atoms with E-state index < -0.39 is 18.2 Å². The minimum absolute atomic E-state index is 0.00141. The first-order valence-corrected chi connectivity index (χ1v) is 16.0. The highest BCUT2D eigenvalue weighted by atomic mass is 127. The van der Waals surface area contributed by atoms with E-state index in [0.717, 1.165) is 44.8 Å². The topological polar surface area (TPSA) is 125 Å². The number of aliphatic hydroxyl groups excluding tert-OH is 2. The standard InChI is InChI=1S/C31H43IN2O7/c1-40-27-16-21(19-36)15-24(32)30(27)41-26-18-22(31(39)33-13-14-35)17-25(29(26)38)34(23-9-3-2-4-10-23)28(37)12-11-20-7-5-6-8-20/h15-16,18-20,23,25-26,29,35,38H,2-14,17H2,1H3,(H,33,39)/t25-,26+,29+/m1/s1. The molecule has 0 unspecified atom stereocenters. The van der Waals surface area contributed by atoms with Crippen LogP contribution < -0.4 is 14.8 Å². The van der Waals surface area contributed by atoms with Crippen LogP contribution in [0.3, 0.4) is 0 Å². The first-order valence-electron chi connectivity index (χ1n) is 14.9. The van der Waals surface area contributed by atoms with Crippen molar-refractivity contribution in [2.45, 2.75) is 101 Å². The van der Waals surface area contributed by atoms with E-state index >= 15 is 0 Å². The van der Waals surface area contributed by atoms with Crippen LogP contribution in [0.25, 0.3) is 0 Å². The van der Waals surface area contributed by atoms with Crippen LogP contribution in [0.1, 0.15) is 87.4 Å². The molecule has 1 aromatic carbocycles. The Morgan fingerprint density at radius 3 is 2.49 bits per heavy atom. The van der Waals surface area contributed by atoms with Crippen molar-refractivity contribution in [2.75, 3.05) is 20.3 Å². The fraction of sp³-hybridized carbons (Fsp3) is 0.645. The van der Waals surface area contributed by atoms with E-state index in [-0.39, 0.29) is 37.4 Å². The molecule has 0 aliphatic heterocycles. The number of hydrogen-bond acceptors (Lipinski definition) is 7. The summed E-state index contributed by atoms with van der Waals surface area (Å²) in [6.07, 6.45) is 11.5. The highest BCUT2D eigenvalue weighted by Gasteiger charge is 2.43. The lowest BCUT2D eigenvalue weighted by molar-refractivity contribution is -0.143. The summed E-state index contributed by atoms with van der Waals surface area (Å²) >= 11 is 2.05. The summed E-state index contributed by atoms with van der Waals surface area (Å²) in [4.78, 5) is 40.4.